The van der Waals surface area contributed by atoms with Gasteiger partial charge in [-0.05, 0) is 83.5 Å². The maximum absolute atomic E-state index is 12.7. The molecule has 0 aliphatic rings. The van der Waals surface area contributed by atoms with Gasteiger partial charge >= 0.3 is 27.6 Å². The summed E-state index contributed by atoms with van der Waals surface area (Å²) in [5.41, 5.74) is 0. The molecule has 0 aromatic carbocycles. The molecule has 0 bridgehead atoms. The topological polar surface area (TPSA) is 216 Å². The fourth-order valence-electron chi connectivity index (χ4n) is 5.04. The van der Waals surface area contributed by atoms with Crippen LogP contribution in [0.4, 0.5) is 0 Å². The first-order chi connectivity index (χ1) is 28.8. The smallest absolute Gasteiger partial charge is 0.462 e. The number of carbonyl (C=O) groups is 2. The normalized spacial score (nSPS) is 15.4. The molecule has 0 rings (SSSR count). The lowest BCUT2D eigenvalue weighted by Gasteiger charge is -2.20. The van der Waals surface area contributed by atoms with Gasteiger partial charge in [0.05, 0.1) is 25.9 Å². The molecule has 14 nitrogen and oxygen atoms in total. The minimum Gasteiger partial charge on any atom is -0.462 e. The Labute approximate surface area is 359 Å². The van der Waals surface area contributed by atoms with Gasteiger partial charge in [-0.15, -0.1) is 0 Å². The zero-order valence-corrected chi connectivity index (χ0v) is 37.7. The van der Waals surface area contributed by atoms with Crippen LogP contribution in [0.2, 0.25) is 0 Å². The van der Waals surface area contributed by atoms with Crippen molar-refractivity contribution >= 4 is 27.6 Å². The van der Waals surface area contributed by atoms with E-state index >= 15 is 0 Å². The van der Waals surface area contributed by atoms with Crippen molar-refractivity contribution in [2.45, 2.75) is 154 Å². The summed E-state index contributed by atoms with van der Waals surface area (Å²) in [6.07, 6.45) is 40.4. The van der Waals surface area contributed by atoms with Crippen LogP contribution < -0.4 is 0 Å². The van der Waals surface area contributed by atoms with Gasteiger partial charge in [-0.25, -0.2) is 9.13 Å². The SMILES string of the molecule is CCCCC/C=C\C/C=C\C/C=C\C=C\[C@H](O)CCCC(=O)O[C@H](COC(=O)CCCC/C=C\C/C=C\C/C=C\CCCCC)COP(=O)(O)OC[C@@H](O)COP(=O)(O)O. The van der Waals surface area contributed by atoms with Gasteiger partial charge in [0.25, 0.3) is 0 Å². The van der Waals surface area contributed by atoms with Crippen molar-refractivity contribution < 1.29 is 66.7 Å². The van der Waals surface area contributed by atoms with Gasteiger partial charge in [-0.2, -0.15) is 0 Å². The molecular weight excluding hydrogens is 814 g/mol. The van der Waals surface area contributed by atoms with E-state index in [1.54, 1.807) is 12.2 Å². The minimum absolute atomic E-state index is 0.101. The molecule has 344 valence electrons. The molecule has 0 aliphatic carbocycles. The van der Waals surface area contributed by atoms with Crippen LogP contribution in [-0.4, -0.2) is 81.6 Å². The maximum Gasteiger partial charge on any atom is 0.472 e. The summed E-state index contributed by atoms with van der Waals surface area (Å²) in [6, 6.07) is 0. The summed E-state index contributed by atoms with van der Waals surface area (Å²) in [5, 5.41) is 20.0. The molecule has 0 aromatic rings. The second-order valence-electron chi connectivity index (χ2n) is 14.1. The lowest BCUT2D eigenvalue weighted by atomic mass is 10.1. The number of esters is 2. The maximum atomic E-state index is 12.7. The number of phosphoric acid groups is 2. The largest absolute Gasteiger partial charge is 0.472 e. The van der Waals surface area contributed by atoms with Crippen molar-refractivity contribution in [3.63, 3.8) is 0 Å². The fourth-order valence-corrected chi connectivity index (χ4v) is 6.20. The lowest BCUT2D eigenvalue weighted by Crippen LogP contribution is -2.30. The molecule has 4 atom stereocenters. The van der Waals surface area contributed by atoms with Crippen LogP contribution in [0, 0.1) is 0 Å². The van der Waals surface area contributed by atoms with E-state index in [4.69, 9.17) is 23.8 Å². The Kier molecular flexibility index (Phi) is 37.3. The first kappa shape index (κ1) is 57.3. The van der Waals surface area contributed by atoms with E-state index in [9.17, 15) is 33.8 Å². The number of rotatable bonds is 39. The average Bonchev–Trinajstić information content (AvgIpc) is 3.20. The molecule has 5 N–H and O–H groups in total. The highest BCUT2D eigenvalue weighted by Crippen LogP contribution is 2.43. The molecule has 0 aromatic heterocycles. The Morgan fingerprint density at radius 3 is 1.58 bits per heavy atom. The molecule has 0 fully saturated rings. The number of unbranched alkanes of at least 4 members (excludes halogenated alkanes) is 8. The van der Waals surface area contributed by atoms with Crippen LogP contribution in [0.1, 0.15) is 136 Å². The molecule has 0 saturated carbocycles. The summed E-state index contributed by atoms with van der Waals surface area (Å²) in [6.45, 7) is 1.42. The number of hydrogen-bond donors (Lipinski definition) is 5. The number of ether oxygens (including phenoxy) is 2. The Hall–Kier alpha value is -2.74. The molecule has 0 heterocycles. The van der Waals surface area contributed by atoms with E-state index in [0.717, 1.165) is 51.4 Å². The second-order valence-corrected chi connectivity index (χ2v) is 16.8. The van der Waals surface area contributed by atoms with E-state index in [0.29, 0.717) is 6.42 Å². The number of hydrogen-bond acceptors (Lipinski definition) is 11. The van der Waals surface area contributed by atoms with Crippen molar-refractivity contribution in [3.8, 4) is 0 Å². The number of aliphatic hydroxyl groups is 2. The fraction of sp³-hybridized carbons (Fsp3) is 0.636. The van der Waals surface area contributed by atoms with Crippen LogP contribution in [0.25, 0.3) is 0 Å². The summed E-state index contributed by atoms with van der Waals surface area (Å²) in [7, 11) is -9.76. The van der Waals surface area contributed by atoms with Crippen molar-refractivity contribution in [1.29, 1.82) is 0 Å². The van der Waals surface area contributed by atoms with E-state index in [1.807, 2.05) is 12.2 Å². The summed E-state index contributed by atoms with van der Waals surface area (Å²) >= 11 is 0. The van der Waals surface area contributed by atoms with E-state index < -0.39 is 72.3 Å². The Morgan fingerprint density at radius 2 is 1.03 bits per heavy atom. The summed E-state index contributed by atoms with van der Waals surface area (Å²) < 4.78 is 47.5. The van der Waals surface area contributed by atoms with E-state index in [1.165, 1.54) is 38.5 Å². The van der Waals surface area contributed by atoms with Crippen molar-refractivity contribution in [2.24, 2.45) is 0 Å². The van der Waals surface area contributed by atoms with Crippen molar-refractivity contribution in [1.82, 2.24) is 0 Å². The Balaban J connectivity index is 4.81. The quantitative estimate of drug-likeness (QED) is 0.0128. The molecule has 0 amide bonds. The third-order valence-corrected chi connectivity index (χ3v) is 9.79. The van der Waals surface area contributed by atoms with Gasteiger partial charge in [-0.3, -0.25) is 23.2 Å². The third kappa shape index (κ3) is 42.0. The zero-order valence-electron chi connectivity index (χ0n) is 35.9. The minimum atomic E-state index is -4.89. The molecule has 0 aliphatic heterocycles. The number of carbonyl (C=O) groups excluding carboxylic acids is 2. The lowest BCUT2D eigenvalue weighted by molar-refractivity contribution is -0.161. The van der Waals surface area contributed by atoms with Crippen LogP contribution >= 0.6 is 15.6 Å². The highest BCUT2D eigenvalue weighted by molar-refractivity contribution is 7.47. The van der Waals surface area contributed by atoms with E-state index in [2.05, 4.69) is 83.7 Å². The Bertz CT molecular complexity index is 1400. The monoisotopic (exact) mass is 888 g/mol. The molecule has 1 unspecified atom stereocenters. The van der Waals surface area contributed by atoms with Gasteiger partial charge in [0, 0.05) is 12.8 Å². The van der Waals surface area contributed by atoms with Gasteiger partial charge in [0.15, 0.2) is 6.10 Å². The first-order valence-corrected chi connectivity index (χ1v) is 24.4. The zero-order chi connectivity index (χ0) is 44.6. The standard InChI is InChI=1S/C44H74O14P2/c1-3-5-7-9-11-13-15-17-18-20-22-24-26-28-30-34-43(47)54-38-42(39-57-60(52,53)56-37-41(46)36-55-59(49,50)51)58-44(48)35-31-33-40(45)32-29-27-25-23-21-19-16-14-12-10-8-6-4-2/h11-14,17-19,21-22,24-25,27,29,32,40-42,45-46H,3-10,15-16,20,23,26,28,30-31,33-39H2,1-2H3,(H,52,53)(H2,49,50,51)/b13-11-,14-12-,18-17-,21-19-,24-22-,27-25-,32-29+/t40-,41-,42+/m0/s1. The number of phosphoric ester groups is 2. The van der Waals surface area contributed by atoms with Gasteiger partial charge in [-0.1, -0.05) is 125 Å². The van der Waals surface area contributed by atoms with Crippen LogP contribution in [0.5, 0.6) is 0 Å². The molecule has 0 saturated heterocycles. The summed E-state index contributed by atoms with van der Waals surface area (Å²) in [4.78, 5) is 52.6. The molecule has 60 heavy (non-hydrogen) atoms. The van der Waals surface area contributed by atoms with Crippen LogP contribution in [0.15, 0.2) is 85.1 Å². The number of allylic oxidation sites excluding steroid dienone is 13. The molecular formula is C44H74O14P2. The van der Waals surface area contributed by atoms with Crippen LogP contribution in [-0.2, 0) is 41.8 Å². The third-order valence-electron chi connectivity index (χ3n) is 8.35. The predicted molar refractivity (Wildman–Crippen MR) is 236 cm³/mol. The second kappa shape index (κ2) is 39.1. The Morgan fingerprint density at radius 1 is 0.550 bits per heavy atom. The predicted octanol–water partition coefficient (Wildman–Crippen LogP) is 9.75. The average molecular weight is 889 g/mol. The molecule has 16 heteroatoms. The highest BCUT2D eigenvalue weighted by Gasteiger charge is 2.28. The van der Waals surface area contributed by atoms with Crippen molar-refractivity contribution in [2.75, 3.05) is 26.4 Å². The molecule has 0 spiro atoms. The van der Waals surface area contributed by atoms with Gasteiger partial charge in [0.2, 0.25) is 0 Å². The van der Waals surface area contributed by atoms with Crippen LogP contribution in [0.3, 0.4) is 0 Å². The summed E-state index contributed by atoms with van der Waals surface area (Å²) in [5.74, 6) is -1.29. The number of aliphatic hydroxyl groups excluding tert-OH is 2. The van der Waals surface area contributed by atoms with E-state index in [-0.39, 0.29) is 25.7 Å². The van der Waals surface area contributed by atoms with Crippen molar-refractivity contribution in [3.05, 3.63) is 85.1 Å². The first-order valence-electron chi connectivity index (χ1n) is 21.4. The molecule has 0 radical (unpaired) electrons. The van der Waals surface area contributed by atoms with Gasteiger partial charge in [0.1, 0.15) is 12.7 Å². The highest BCUT2D eigenvalue weighted by atomic mass is 31.2. The van der Waals surface area contributed by atoms with Gasteiger partial charge < -0.3 is 34.4 Å².